The number of rotatable bonds is 2. The molecule has 0 atom stereocenters. The quantitative estimate of drug-likeness (QED) is 0.853. The highest BCUT2D eigenvalue weighted by atomic mass is 19.1. The molecule has 0 saturated heterocycles. The Hall–Kier alpha value is -2.43. The van der Waals surface area contributed by atoms with Gasteiger partial charge < -0.3 is 11.1 Å². The van der Waals surface area contributed by atoms with E-state index in [1.54, 1.807) is 25.1 Å². The van der Waals surface area contributed by atoms with Crippen molar-refractivity contribution in [3.8, 4) is 0 Å². The van der Waals surface area contributed by atoms with Gasteiger partial charge in [0.05, 0.1) is 11.3 Å². The maximum Gasteiger partial charge on any atom is 0.259 e. The van der Waals surface area contributed by atoms with Gasteiger partial charge in [-0.1, -0.05) is 6.07 Å². The Bertz CT molecular complexity index is 599. The standard InChI is InChI=1S/C13H12FN3O/c1-8-4-5-9(10(14)7-8)13(18)17-12-11(15)3-2-6-16-12/h2-7H,15H2,1H3,(H,16,17,18). The first-order valence-electron chi connectivity index (χ1n) is 5.36. The van der Waals surface area contributed by atoms with E-state index in [1.807, 2.05) is 0 Å². The maximum absolute atomic E-state index is 13.6. The van der Waals surface area contributed by atoms with Gasteiger partial charge in [0.25, 0.3) is 5.91 Å². The van der Waals surface area contributed by atoms with Crippen LogP contribution in [-0.2, 0) is 0 Å². The first-order valence-corrected chi connectivity index (χ1v) is 5.36. The first-order chi connectivity index (χ1) is 8.58. The smallest absolute Gasteiger partial charge is 0.259 e. The SMILES string of the molecule is Cc1ccc(C(=O)Nc2ncccc2N)c(F)c1. The fourth-order valence-electron chi connectivity index (χ4n) is 1.50. The Morgan fingerprint density at radius 3 is 2.83 bits per heavy atom. The Morgan fingerprint density at radius 2 is 2.17 bits per heavy atom. The Balaban J connectivity index is 2.25. The number of aryl methyl sites for hydroxylation is 1. The van der Waals surface area contributed by atoms with Crippen LogP contribution < -0.4 is 11.1 Å². The third-order valence-corrected chi connectivity index (χ3v) is 2.44. The third kappa shape index (κ3) is 2.45. The van der Waals surface area contributed by atoms with E-state index in [-0.39, 0.29) is 11.4 Å². The van der Waals surface area contributed by atoms with E-state index in [1.165, 1.54) is 18.3 Å². The molecule has 1 aromatic heterocycles. The van der Waals surface area contributed by atoms with Crippen LogP contribution in [0.5, 0.6) is 0 Å². The van der Waals surface area contributed by atoms with E-state index in [2.05, 4.69) is 10.3 Å². The summed E-state index contributed by atoms with van der Waals surface area (Å²) in [6.45, 7) is 1.75. The number of pyridine rings is 1. The molecular weight excluding hydrogens is 233 g/mol. The van der Waals surface area contributed by atoms with Crippen LogP contribution in [0.1, 0.15) is 15.9 Å². The largest absolute Gasteiger partial charge is 0.396 e. The molecule has 5 heteroatoms. The zero-order valence-corrected chi connectivity index (χ0v) is 9.77. The Kier molecular flexibility index (Phi) is 3.23. The second-order valence-corrected chi connectivity index (χ2v) is 3.88. The number of carbonyl (C=O) groups is 1. The highest BCUT2D eigenvalue weighted by molar-refractivity contribution is 6.05. The summed E-state index contributed by atoms with van der Waals surface area (Å²) >= 11 is 0. The molecule has 0 saturated carbocycles. The molecule has 0 aliphatic heterocycles. The average molecular weight is 245 g/mol. The molecule has 92 valence electrons. The third-order valence-electron chi connectivity index (χ3n) is 2.44. The second kappa shape index (κ2) is 4.83. The monoisotopic (exact) mass is 245 g/mol. The maximum atomic E-state index is 13.6. The van der Waals surface area contributed by atoms with Gasteiger partial charge in [0.2, 0.25) is 0 Å². The Labute approximate surface area is 104 Å². The molecule has 1 aromatic carbocycles. The van der Waals surface area contributed by atoms with Crippen LogP contribution in [0.25, 0.3) is 0 Å². The molecule has 1 heterocycles. The number of amides is 1. The second-order valence-electron chi connectivity index (χ2n) is 3.88. The van der Waals surface area contributed by atoms with Crippen LogP contribution in [0.4, 0.5) is 15.9 Å². The van der Waals surface area contributed by atoms with Gasteiger partial charge in [-0.3, -0.25) is 4.79 Å². The summed E-state index contributed by atoms with van der Waals surface area (Å²) in [5, 5.41) is 2.47. The van der Waals surface area contributed by atoms with Crippen molar-refractivity contribution in [2.45, 2.75) is 6.92 Å². The van der Waals surface area contributed by atoms with E-state index in [0.29, 0.717) is 5.69 Å². The zero-order chi connectivity index (χ0) is 13.1. The number of nitrogens with two attached hydrogens (primary N) is 1. The zero-order valence-electron chi connectivity index (χ0n) is 9.77. The van der Waals surface area contributed by atoms with Crippen molar-refractivity contribution in [2.24, 2.45) is 0 Å². The van der Waals surface area contributed by atoms with Crippen molar-refractivity contribution in [1.29, 1.82) is 0 Å². The van der Waals surface area contributed by atoms with E-state index in [0.717, 1.165) is 5.56 Å². The van der Waals surface area contributed by atoms with Gasteiger partial charge in [0.15, 0.2) is 5.82 Å². The predicted octanol–water partition coefficient (Wildman–Crippen LogP) is 2.36. The summed E-state index contributed by atoms with van der Waals surface area (Å²) in [6.07, 6.45) is 1.50. The molecule has 2 aromatic rings. The summed E-state index contributed by atoms with van der Waals surface area (Å²) in [6, 6.07) is 7.65. The van der Waals surface area contributed by atoms with Crippen LogP contribution in [0, 0.1) is 12.7 Å². The van der Waals surface area contributed by atoms with Gasteiger partial charge in [0.1, 0.15) is 5.82 Å². The van der Waals surface area contributed by atoms with Crippen LogP contribution in [0.15, 0.2) is 36.5 Å². The average Bonchev–Trinajstić information content (AvgIpc) is 2.32. The van der Waals surface area contributed by atoms with Crippen LogP contribution in [0.2, 0.25) is 0 Å². The summed E-state index contributed by atoms with van der Waals surface area (Å²) < 4.78 is 13.6. The number of hydrogen-bond donors (Lipinski definition) is 2. The van der Waals surface area contributed by atoms with Gasteiger partial charge >= 0.3 is 0 Å². The van der Waals surface area contributed by atoms with Crippen molar-refractivity contribution in [2.75, 3.05) is 11.1 Å². The Morgan fingerprint density at radius 1 is 1.39 bits per heavy atom. The predicted molar refractivity (Wildman–Crippen MR) is 67.7 cm³/mol. The van der Waals surface area contributed by atoms with Gasteiger partial charge in [-0.25, -0.2) is 9.37 Å². The topological polar surface area (TPSA) is 68.0 Å². The summed E-state index contributed by atoms with van der Waals surface area (Å²) in [7, 11) is 0. The number of anilines is 2. The van der Waals surface area contributed by atoms with Gasteiger partial charge in [-0.2, -0.15) is 0 Å². The molecule has 1 amide bonds. The van der Waals surface area contributed by atoms with Crippen molar-refractivity contribution in [3.05, 3.63) is 53.5 Å². The molecular formula is C13H12FN3O. The van der Waals surface area contributed by atoms with E-state index in [9.17, 15) is 9.18 Å². The van der Waals surface area contributed by atoms with E-state index >= 15 is 0 Å². The highest BCUT2D eigenvalue weighted by Gasteiger charge is 2.13. The molecule has 0 spiro atoms. The van der Waals surface area contributed by atoms with Crippen molar-refractivity contribution in [3.63, 3.8) is 0 Å². The number of nitrogens with zero attached hydrogens (tertiary/aromatic N) is 1. The normalized spacial score (nSPS) is 10.1. The summed E-state index contributed by atoms with van der Waals surface area (Å²) in [5.74, 6) is -0.914. The lowest BCUT2D eigenvalue weighted by molar-refractivity contribution is 0.102. The lowest BCUT2D eigenvalue weighted by atomic mass is 10.1. The number of carbonyl (C=O) groups excluding carboxylic acids is 1. The lowest BCUT2D eigenvalue weighted by Crippen LogP contribution is -2.15. The van der Waals surface area contributed by atoms with Crippen molar-refractivity contribution >= 4 is 17.4 Å². The summed E-state index contributed by atoms with van der Waals surface area (Å²) in [5.41, 5.74) is 6.68. The van der Waals surface area contributed by atoms with Gasteiger partial charge in [0, 0.05) is 6.20 Å². The molecule has 18 heavy (non-hydrogen) atoms. The van der Waals surface area contributed by atoms with Gasteiger partial charge in [-0.05, 0) is 36.8 Å². The van der Waals surface area contributed by atoms with E-state index < -0.39 is 11.7 Å². The van der Waals surface area contributed by atoms with Crippen molar-refractivity contribution in [1.82, 2.24) is 4.98 Å². The fraction of sp³-hybridized carbons (Fsp3) is 0.0769. The number of benzene rings is 1. The molecule has 3 N–H and O–H groups in total. The lowest BCUT2D eigenvalue weighted by Gasteiger charge is -2.07. The molecule has 2 rings (SSSR count). The van der Waals surface area contributed by atoms with Crippen LogP contribution in [0.3, 0.4) is 0 Å². The number of nitrogen functional groups attached to an aromatic ring is 1. The van der Waals surface area contributed by atoms with Gasteiger partial charge in [-0.15, -0.1) is 0 Å². The molecule has 0 radical (unpaired) electrons. The molecule has 0 bridgehead atoms. The number of aromatic nitrogens is 1. The minimum Gasteiger partial charge on any atom is -0.396 e. The summed E-state index contributed by atoms with van der Waals surface area (Å²) in [4.78, 5) is 15.8. The van der Waals surface area contributed by atoms with Crippen LogP contribution >= 0.6 is 0 Å². The molecule has 4 nitrogen and oxygen atoms in total. The van der Waals surface area contributed by atoms with Crippen LogP contribution in [-0.4, -0.2) is 10.9 Å². The highest BCUT2D eigenvalue weighted by Crippen LogP contribution is 2.16. The minimum atomic E-state index is -0.571. The first kappa shape index (κ1) is 12.0. The number of hydrogen-bond acceptors (Lipinski definition) is 3. The van der Waals surface area contributed by atoms with Crippen molar-refractivity contribution < 1.29 is 9.18 Å². The molecule has 0 unspecified atom stereocenters. The molecule has 0 aliphatic rings. The minimum absolute atomic E-state index is 0.0364. The number of halogens is 1. The fourth-order valence-corrected chi connectivity index (χ4v) is 1.50. The molecule has 0 fully saturated rings. The molecule has 0 aliphatic carbocycles. The van der Waals surface area contributed by atoms with E-state index in [4.69, 9.17) is 5.73 Å². The number of nitrogens with one attached hydrogen (secondary N) is 1.